The number of rotatable bonds is 3. The Kier molecular flexibility index (Phi) is 3.18. The van der Waals surface area contributed by atoms with Gasteiger partial charge >= 0.3 is 0 Å². The number of fused-ring (bicyclic) bond motifs is 1. The average molecular weight is 324 g/mol. The second kappa shape index (κ2) is 5.25. The fraction of sp³-hybridized carbons (Fsp3) is 0.250. The minimum atomic E-state index is -0.993. The van der Waals surface area contributed by atoms with Crippen molar-refractivity contribution in [1.82, 2.24) is 19.8 Å². The first-order valence-electron chi connectivity index (χ1n) is 7.41. The molecule has 1 aliphatic heterocycles. The Bertz CT molecular complexity index is 957. The molecule has 4 rings (SSSR count). The molecule has 0 amide bonds. The highest BCUT2D eigenvalue weighted by Gasteiger charge is 2.41. The number of aliphatic hydroxyl groups is 1. The van der Waals surface area contributed by atoms with Gasteiger partial charge in [0.15, 0.2) is 11.5 Å². The van der Waals surface area contributed by atoms with Crippen LogP contribution < -0.4 is 4.90 Å². The van der Waals surface area contributed by atoms with Gasteiger partial charge in [0.1, 0.15) is 17.2 Å². The third-order valence-corrected chi connectivity index (χ3v) is 4.07. The van der Waals surface area contributed by atoms with Crippen molar-refractivity contribution in [3.8, 4) is 17.5 Å². The Morgan fingerprint density at radius 3 is 2.75 bits per heavy atom. The van der Waals surface area contributed by atoms with E-state index < -0.39 is 11.4 Å². The van der Waals surface area contributed by atoms with Crippen molar-refractivity contribution in [2.24, 2.45) is 0 Å². The molecule has 3 aromatic rings. The van der Waals surface area contributed by atoms with Gasteiger partial charge in [-0.3, -0.25) is 0 Å². The van der Waals surface area contributed by atoms with E-state index in [2.05, 4.69) is 15.3 Å². The van der Waals surface area contributed by atoms with E-state index in [0.717, 1.165) is 0 Å². The van der Waals surface area contributed by atoms with Crippen LogP contribution in [0.1, 0.15) is 6.42 Å². The van der Waals surface area contributed by atoms with Gasteiger partial charge in [-0.2, -0.15) is 9.78 Å². The van der Waals surface area contributed by atoms with Crippen LogP contribution in [-0.4, -0.2) is 43.6 Å². The molecule has 1 aliphatic rings. The zero-order valence-corrected chi connectivity index (χ0v) is 12.6. The maximum atomic E-state index is 14.0. The van der Waals surface area contributed by atoms with Gasteiger partial charge in [0.2, 0.25) is 0 Å². The molecule has 0 saturated carbocycles. The summed E-state index contributed by atoms with van der Waals surface area (Å²) >= 11 is 0. The predicted octanol–water partition coefficient (Wildman–Crippen LogP) is 1.40. The summed E-state index contributed by atoms with van der Waals surface area (Å²) in [5.41, 5.74) is -0.170. The molecule has 1 N–H and O–H groups in total. The number of halogens is 1. The van der Waals surface area contributed by atoms with Crippen LogP contribution in [0.25, 0.3) is 17.0 Å². The zero-order chi connectivity index (χ0) is 16.7. The monoisotopic (exact) mass is 324 g/mol. The van der Waals surface area contributed by atoms with Crippen molar-refractivity contribution < 1.29 is 9.50 Å². The molecule has 1 fully saturated rings. The summed E-state index contributed by atoms with van der Waals surface area (Å²) < 4.78 is 15.5. The summed E-state index contributed by atoms with van der Waals surface area (Å²) in [5, 5.41) is 31.3. The summed E-state index contributed by atoms with van der Waals surface area (Å²) in [5.74, 6) is 0.534. The van der Waals surface area contributed by atoms with Gasteiger partial charge in [-0.15, -0.1) is 15.3 Å². The van der Waals surface area contributed by atoms with Gasteiger partial charge in [0.05, 0.1) is 31.1 Å². The third kappa shape index (κ3) is 2.26. The summed E-state index contributed by atoms with van der Waals surface area (Å²) in [6.45, 7) is 0.659. The smallest absolute Gasteiger partial charge is 0.188 e. The summed E-state index contributed by atoms with van der Waals surface area (Å²) in [6, 6.07) is 11.8. The van der Waals surface area contributed by atoms with Crippen LogP contribution in [0.15, 0.2) is 36.4 Å². The summed E-state index contributed by atoms with van der Waals surface area (Å²) in [4.78, 5) is 1.85. The molecular formula is C16H13FN6O. The topological polar surface area (TPSA) is 90.3 Å². The number of β-amino-alcohol motifs (C(OH)–C–C–N with tert-alkyl or cyclic N) is 1. The van der Waals surface area contributed by atoms with E-state index in [1.807, 2.05) is 11.0 Å². The van der Waals surface area contributed by atoms with Crippen molar-refractivity contribution in [1.29, 1.82) is 5.26 Å². The molecule has 8 heteroatoms. The molecular weight excluding hydrogens is 311 g/mol. The first kappa shape index (κ1) is 14.5. The van der Waals surface area contributed by atoms with Gasteiger partial charge in [0, 0.05) is 0 Å². The molecule has 24 heavy (non-hydrogen) atoms. The SMILES string of the molecule is N#CCC1(O)CN(c2ccc3nnc(-c4ccccc4F)n3n2)C1. The number of hydrogen-bond acceptors (Lipinski definition) is 6. The molecule has 0 spiro atoms. The minimum absolute atomic E-state index is 0.0822. The van der Waals surface area contributed by atoms with Crippen molar-refractivity contribution >= 4 is 11.5 Å². The number of benzene rings is 1. The van der Waals surface area contributed by atoms with Gasteiger partial charge in [-0.1, -0.05) is 12.1 Å². The number of hydrogen-bond donors (Lipinski definition) is 1. The number of anilines is 1. The van der Waals surface area contributed by atoms with E-state index in [1.165, 1.54) is 10.6 Å². The Hall–Kier alpha value is -3.05. The van der Waals surface area contributed by atoms with Crippen LogP contribution in [0.3, 0.4) is 0 Å². The van der Waals surface area contributed by atoms with Gasteiger partial charge in [-0.25, -0.2) is 4.39 Å². The van der Waals surface area contributed by atoms with Crippen LogP contribution >= 0.6 is 0 Å². The van der Waals surface area contributed by atoms with Crippen molar-refractivity contribution in [3.05, 3.63) is 42.2 Å². The molecule has 120 valence electrons. The minimum Gasteiger partial charge on any atom is -0.385 e. The molecule has 0 unspecified atom stereocenters. The van der Waals surface area contributed by atoms with Gasteiger partial charge in [-0.05, 0) is 24.3 Å². The number of aromatic nitrogens is 4. The molecule has 3 heterocycles. The molecule has 1 saturated heterocycles. The highest BCUT2D eigenvalue weighted by molar-refractivity contribution is 5.60. The standard InChI is InChI=1S/C16H13FN6O/c17-12-4-2-1-3-11(12)15-20-19-13-5-6-14(21-23(13)15)22-9-16(24,10-22)7-8-18/h1-6,24H,7,9-10H2. The fourth-order valence-electron chi connectivity index (χ4n) is 2.84. The van der Waals surface area contributed by atoms with Crippen molar-refractivity contribution in [2.45, 2.75) is 12.0 Å². The fourth-order valence-corrected chi connectivity index (χ4v) is 2.84. The van der Waals surface area contributed by atoms with Crippen LogP contribution in [0, 0.1) is 17.1 Å². The highest BCUT2D eigenvalue weighted by atomic mass is 19.1. The normalized spacial score (nSPS) is 16.0. The lowest BCUT2D eigenvalue weighted by atomic mass is 9.91. The Labute approximate surface area is 136 Å². The Balaban J connectivity index is 1.71. The Morgan fingerprint density at radius 1 is 1.21 bits per heavy atom. The van der Waals surface area contributed by atoms with E-state index in [-0.39, 0.29) is 6.42 Å². The lowest BCUT2D eigenvalue weighted by Gasteiger charge is -2.45. The van der Waals surface area contributed by atoms with Gasteiger partial charge in [0.25, 0.3) is 0 Å². The maximum absolute atomic E-state index is 14.0. The molecule has 0 radical (unpaired) electrons. The van der Waals surface area contributed by atoms with Gasteiger partial charge < -0.3 is 10.0 Å². The first-order chi connectivity index (χ1) is 11.6. The zero-order valence-electron chi connectivity index (χ0n) is 12.6. The summed E-state index contributed by atoms with van der Waals surface area (Å²) in [6.07, 6.45) is 0.0822. The Morgan fingerprint density at radius 2 is 2.00 bits per heavy atom. The van der Waals surface area contributed by atoms with Crippen molar-refractivity contribution in [3.63, 3.8) is 0 Å². The van der Waals surface area contributed by atoms with E-state index >= 15 is 0 Å². The largest absolute Gasteiger partial charge is 0.385 e. The second-order valence-electron chi connectivity index (χ2n) is 5.88. The quantitative estimate of drug-likeness (QED) is 0.783. The van der Waals surface area contributed by atoms with E-state index in [4.69, 9.17) is 5.26 Å². The lowest BCUT2D eigenvalue weighted by Crippen LogP contribution is -2.62. The van der Waals surface area contributed by atoms with Crippen molar-refractivity contribution in [2.75, 3.05) is 18.0 Å². The molecule has 1 aromatic carbocycles. The molecule has 7 nitrogen and oxygen atoms in total. The van der Waals surface area contributed by atoms with Crippen LogP contribution in [0.5, 0.6) is 0 Å². The van der Waals surface area contributed by atoms with Crippen LogP contribution in [-0.2, 0) is 0 Å². The highest BCUT2D eigenvalue weighted by Crippen LogP contribution is 2.29. The molecule has 2 aromatic heterocycles. The lowest BCUT2D eigenvalue weighted by molar-refractivity contribution is 0.0161. The predicted molar refractivity (Wildman–Crippen MR) is 83.6 cm³/mol. The first-order valence-corrected chi connectivity index (χ1v) is 7.41. The van der Waals surface area contributed by atoms with E-state index in [1.54, 1.807) is 30.3 Å². The molecule has 0 atom stereocenters. The van der Waals surface area contributed by atoms with E-state index in [0.29, 0.717) is 35.9 Å². The summed E-state index contributed by atoms with van der Waals surface area (Å²) in [7, 11) is 0. The van der Waals surface area contributed by atoms with Crippen LogP contribution in [0.4, 0.5) is 10.2 Å². The maximum Gasteiger partial charge on any atom is 0.188 e. The van der Waals surface area contributed by atoms with Crippen LogP contribution in [0.2, 0.25) is 0 Å². The second-order valence-corrected chi connectivity index (χ2v) is 5.88. The number of nitrogens with zero attached hydrogens (tertiary/aromatic N) is 6. The van der Waals surface area contributed by atoms with E-state index in [9.17, 15) is 9.50 Å². The molecule has 0 aliphatic carbocycles. The molecule has 0 bridgehead atoms. The number of nitriles is 1. The average Bonchev–Trinajstić information content (AvgIpc) is 2.96. The third-order valence-electron chi connectivity index (χ3n) is 4.07.